The van der Waals surface area contributed by atoms with E-state index in [2.05, 4.69) is 25.6 Å². The number of nitrogens with one attached hydrogen (secondary N) is 2. The van der Waals surface area contributed by atoms with Crippen LogP contribution in [0.4, 0.5) is 11.9 Å². The predicted octanol–water partition coefficient (Wildman–Crippen LogP) is 1.29. The van der Waals surface area contributed by atoms with Gasteiger partial charge in [0.05, 0.1) is 18.8 Å². The van der Waals surface area contributed by atoms with Gasteiger partial charge in [0, 0.05) is 13.2 Å². The highest BCUT2D eigenvalue weighted by atomic mass is 16.5. The third-order valence-corrected chi connectivity index (χ3v) is 2.91. The summed E-state index contributed by atoms with van der Waals surface area (Å²) < 4.78 is 10.9. The fraction of sp³-hybridized carbons (Fsp3) is 0.750. The Kier molecular flexibility index (Phi) is 4.73. The van der Waals surface area contributed by atoms with Gasteiger partial charge in [-0.05, 0) is 27.2 Å². The molecule has 19 heavy (non-hydrogen) atoms. The zero-order valence-corrected chi connectivity index (χ0v) is 11.6. The topological polar surface area (TPSA) is 81.2 Å². The van der Waals surface area contributed by atoms with Crippen molar-refractivity contribution in [2.75, 3.05) is 30.4 Å². The molecule has 2 heterocycles. The molecule has 0 amide bonds. The molecule has 1 aliphatic heterocycles. The van der Waals surface area contributed by atoms with Gasteiger partial charge in [0.25, 0.3) is 0 Å². The van der Waals surface area contributed by atoms with E-state index in [1.807, 2.05) is 20.8 Å². The van der Waals surface area contributed by atoms with Crippen molar-refractivity contribution in [1.29, 1.82) is 0 Å². The average molecular weight is 267 g/mol. The first-order chi connectivity index (χ1) is 9.22. The lowest BCUT2D eigenvalue weighted by atomic mass is 10.2. The van der Waals surface area contributed by atoms with Crippen molar-refractivity contribution in [2.45, 2.75) is 39.3 Å². The highest BCUT2D eigenvalue weighted by Gasteiger charge is 2.25. The van der Waals surface area contributed by atoms with E-state index in [1.54, 1.807) is 0 Å². The molecule has 7 nitrogen and oxygen atoms in total. The summed E-state index contributed by atoms with van der Waals surface area (Å²) in [5.41, 5.74) is 0. The number of hydrogen-bond acceptors (Lipinski definition) is 7. The Bertz CT molecular complexity index is 391. The molecule has 0 saturated carbocycles. The standard InChI is InChI=1S/C12H21N5O2/c1-4-13-10-15-11(17-12(16-10)18-5-2)14-9-6-7-19-8(9)3/h8-9H,4-7H2,1-3H3,(H2,13,14,15,16,17). The first-order valence-corrected chi connectivity index (χ1v) is 6.73. The van der Waals surface area contributed by atoms with Crippen molar-refractivity contribution in [3.8, 4) is 6.01 Å². The third kappa shape index (κ3) is 3.66. The third-order valence-electron chi connectivity index (χ3n) is 2.91. The van der Waals surface area contributed by atoms with E-state index in [1.165, 1.54) is 0 Å². The molecule has 1 aromatic heterocycles. The summed E-state index contributed by atoms with van der Waals surface area (Å²) in [6.45, 7) is 7.97. The molecule has 106 valence electrons. The fourth-order valence-corrected chi connectivity index (χ4v) is 1.94. The molecule has 1 aromatic rings. The van der Waals surface area contributed by atoms with Crippen molar-refractivity contribution in [2.24, 2.45) is 0 Å². The summed E-state index contributed by atoms with van der Waals surface area (Å²) in [4.78, 5) is 12.8. The average Bonchev–Trinajstić information content (AvgIpc) is 2.76. The van der Waals surface area contributed by atoms with Crippen molar-refractivity contribution in [3.05, 3.63) is 0 Å². The Morgan fingerprint density at radius 1 is 1.26 bits per heavy atom. The maximum atomic E-state index is 5.51. The molecule has 1 aliphatic rings. The summed E-state index contributed by atoms with van der Waals surface area (Å²) in [5, 5.41) is 6.35. The lowest BCUT2D eigenvalue weighted by molar-refractivity contribution is 0.121. The van der Waals surface area contributed by atoms with Gasteiger partial charge in [-0.2, -0.15) is 15.0 Å². The predicted molar refractivity (Wildman–Crippen MR) is 72.6 cm³/mol. The fourth-order valence-electron chi connectivity index (χ4n) is 1.94. The lowest BCUT2D eigenvalue weighted by Gasteiger charge is -2.16. The molecule has 1 fully saturated rings. The number of anilines is 2. The first-order valence-electron chi connectivity index (χ1n) is 6.73. The van der Waals surface area contributed by atoms with Crippen LogP contribution in [0.25, 0.3) is 0 Å². The smallest absolute Gasteiger partial charge is 0.323 e. The van der Waals surface area contributed by atoms with Gasteiger partial charge in [-0.1, -0.05) is 0 Å². The zero-order chi connectivity index (χ0) is 13.7. The highest BCUT2D eigenvalue weighted by Crippen LogP contribution is 2.18. The Labute approximate surface area is 113 Å². The van der Waals surface area contributed by atoms with Crippen molar-refractivity contribution in [1.82, 2.24) is 15.0 Å². The van der Waals surface area contributed by atoms with E-state index in [0.717, 1.165) is 19.6 Å². The van der Waals surface area contributed by atoms with Gasteiger partial charge in [-0.15, -0.1) is 0 Å². The second-order valence-electron chi connectivity index (χ2n) is 4.34. The van der Waals surface area contributed by atoms with E-state index in [0.29, 0.717) is 24.5 Å². The molecule has 0 aliphatic carbocycles. The van der Waals surface area contributed by atoms with Gasteiger partial charge in [-0.3, -0.25) is 0 Å². The first kappa shape index (κ1) is 13.8. The molecule has 2 atom stereocenters. The molecule has 0 spiro atoms. The monoisotopic (exact) mass is 267 g/mol. The summed E-state index contributed by atoms with van der Waals surface area (Å²) in [7, 11) is 0. The van der Waals surface area contributed by atoms with Crippen LogP contribution in [0.3, 0.4) is 0 Å². The zero-order valence-electron chi connectivity index (χ0n) is 11.6. The summed E-state index contributed by atoms with van der Waals surface area (Å²) >= 11 is 0. The van der Waals surface area contributed by atoms with Crippen LogP contribution < -0.4 is 15.4 Å². The van der Waals surface area contributed by atoms with Gasteiger partial charge < -0.3 is 20.1 Å². The number of ether oxygens (including phenoxy) is 2. The molecule has 0 aromatic carbocycles. The number of rotatable bonds is 6. The molecule has 1 saturated heterocycles. The minimum absolute atomic E-state index is 0.162. The Balaban J connectivity index is 2.13. The molecule has 2 N–H and O–H groups in total. The van der Waals surface area contributed by atoms with E-state index in [-0.39, 0.29) is 12.1 Å². The second-order valence-corrected chi connectivity index (χ2v) is 4.34. The Hall–Kier alpha value is -1.63. The number of nitrogens with zero attached hydrogens (tertiary/aromatic N) is 3. The molecule has 0 bridgehead atoms. The Morgan fingerprint density at radius 2 is 2.05 bits per heavy atom. The van der Waals surface area contributed by atoms with Gasteiger partial charge in [0.1, 0.15) is 0 Å². The number of aromatic nitrogens is 3. The SMILES string of the molecule is CCNc1nc(NC2CCOC2C)nc(OCC)n1. The summed E-state index contributed by atoms with van der Waals surface area (Å²) in [6.07, 6.45) is 1.11. The van der Waals surface area contributed by atoms with E-state index in [9.17, 15) is 0 Å². The molecule has 2 rings (SSSR count). The largest absolute Gasteiger partial charge is 0.464 e. The van der Waals surface area contributed by atoms with Gasteiger partial charge in [-0.25, -0.2) is 0 Å². The molecule has 2 unspecified atom stereocenters. The normalized spacial score (nSPS) is 22.3. The van der Waals surface area contributed by atoms with Crippen molar-refractivity contribution >= 4 is 11.9 Å². The van der Waals surface area contributed by atoms with Crippen LogP contribution in [0.5, 0.6) is 6.01 Å². The van der Waals surface area contributed by atoms with E-state index >= 15 is 0 Å². The lowest BCUT2D eigenvalue weighted by Crippen LogP contribution is -2.28. The van der Waals surface area contributed by atoms with E-state index in [4.69, 9.17) is 9.47 Å². The summed E-state index contributed by atoms with van der Waals surface area (Å²) in [6, 6.07) is 0.564. The van der Waals surface area contributed by atoms with Crippen LogP contribution in [0, 0.1) is 0 Å². The maximum Gasteiger partial charge on any atom is 0.323 e. The minimum Gasteiger partial charge on any atom is -0.464 e. The van der Waals surface area contributed by atoms with Crippen LogP contribution in [0.2, 0.25) is 0 Å². The van der Waals surface area contributed by atoms with Gasteiger partial charge in [0.2, 0.25) is 11.9 Å². The van der Waals surface area contributed by atoms with Crippen LogP contribution in [-0.2, 0) is 4.74 Å². The van der Waals surface area contributed by atoms with Crippen LogP contribution >= 0.6 is 0 Å². The van der Waals surface area contributed by atoms with Gasteiger partial charge >= 0.3 is 6.01 Å². The van der Waals surface area contributed by atoms with Crippen molar-refractivity contribution < 1.29 is 9.47 Å². The van der Waals surface area contributed by atoms with Gasteiger partial charge in [0.15, 0.2) is 0 Å². The highest BCUT2D eigenvalue weighted by molar-refractivity contribution is 5.36. The Morgan fingerprint density at radius 3 is 2.68 bits per heavy atom. The van der Waals surface area contributed by atoms with Crippen molar-refractivity contribution in [3.63, 3.8) is 0 Å². The molecule has 0 radical (unpaired) electrons. The van der Waals surface area contributed by atoms with Crippen LogP contribution in [-0.4, -0.2) is 46.9 Å². The molecular formula is C12H21N5O2. The number of hydrogen-bond donors (Lipinski definition) is 2. The second kappa shape index (κ2) is 6.51. The molecule has 7 heteroatoms. The quantitative estimate of drug-likeness (QED) is 0.803. The van der Waals surface area contributed by atoms with E-state index < -0.39 is 0 Å². The van der Waals surface area contributed by atoms with Crippen LogP contribution in [0.1, 0.15) is 27.2 Å². The molecular weight excluding hydrogens is 246 g/mol. The summed E-state index contributed by atoms with van der Waals surface area (Å²) in [5.74, 6) is 1.05. The van der Waals surface area contributed by atoms with Crippen LogP contribution in [0.15, 0.2) is 0 Å². The maximum absolute atomic E-state index is 5.51. The minimum atomic E-state index is 0.162.